The van der Waals surface area contributed by atoms with Crippen LogP contribution in [0.5, 0.6) is 0 Å². The number of nitrogens with zero attached hydrogens (tertiary/aromatic N) is 2. The van der Waals surface area contributed by atoms with Gasteiger partial charge in [-0.15, -0.1) is 11.3 Å². The predicted octanol–water partition coefficient (Wildman–Crippen LogP) is 3.61. The molecule has 0 aliphatic carbocycles. The lowest BCUT2D eigenvalue weighted by Gasteiger charge is -2.29. The molecule has 7 nitrogen and oxygen atoms in total. The van der Waals surface area contributed by atoms with Crippen molar-refractivity contribution in [2.75, 3.05) is 32.1 Å². The van der Waals surface area contributed by atoms with Crippen molar-refractivity contribution >= 4 is 40.1 Å². The average molecular weight is 441 g/mol. The molecule has 1 aliphatic heterocycles. The molecule has 1 aliphatic rings. The van der Waals surface area contributed by atoms with Gasteiger partial charge < -0.3 is 10.1 Å². The molecule has 10 heteroatoms. The van der Waals surface area contributed by atoms with E-state index in [1.165, 1.54) is 24.5 Å². The molecule has 0 radical (unpaired) electrons. The maximum absolute atomic E-state index is 14.5. The fraction of sp³-hybridized carbons (Fsp3) is 0.421. The first-order chi connectivity index (χ1) is 14.0. The molecule has 1 fully saturated rings. The molecule has 2 aromatic rings. The Labute approximate surface area is 177 Å². The van der Waals surface area contributed by atoms with Gasteiger partial charge in [0.25, 0.3) is 0 Å². The monoisotopic (exact) mass is 440 g/mol. The largest absolute Gasteiger partial charge is 0.469 e. The summed E-state index contributed by atoms with van der Waals surface area (Å²) in [5.74, 6) is -0.787. The van der Waals surface area contributed by atoms with Crippen LogP contribution in [0, 0.1) is 5.82 Å². The number of thiazole rings is 1. The molecule has 2 N–H and O–H groups in total. The Hall–Kier alpha value is -2.23. The summed E-state index contributed by atoms with van der Waals surface area (Å²) in [6, 6.07) is 3.78. The van der Waals surface area contributed by atoms with E-state index < -0.39 is 12.0 Å². The summed E-state index contributed by atoms with van der Waals surface area (Å²) >= 11 is 7.47. The Kier molecular flexibility index (Phi) is 7.40. The van der Waals surface area contributed by atoms with Crippen molar-refractivity contribution in [3.8, 4) is 0 Å². The molecule has 1 atom stereocenters. The number of anilines is 1. The van der Waals surface area contributed by atoms with Crippen LogP contribution in [0.1, 0.15) is 30.1 Å². The first-order valence-electron chi connectivity index (χ1n) is 9.22. The molecule has 1 aromatic carbocycles. The highest BCUT2D eigenvalue weighted by Gasteiger charge is 2.28. The van der Waals surface area contributed by atoms with E-state index in [4.69, 9.17) is 11.6 Å². The second-order valence-electron chi connectivity index (χ2n) is 6.63. The van der Waals surface area contributed by atoms with Crippen molar-refractivity contribution in [3.05, 3.63) is 45.7 Å². The van der Waals surface area contributed by atoms with Crippen molar-refractivity contribution in [1.82, 2.24) is 15.2 Å². The van der Waals surface area contributed by atoms with Gasteiger partial charge in [-0.25, -0.2) is 14.2 Å². The first kappa shape index (κ1) is 21.5. The van der Waals surface area contributed by atoms with E-state index >= 15 is 0 Å². The third kappa shape index (κ3) is 5.65. The Morgan fingerprint density at radius 2 is 2.14 bits per heavy atom. The summed E-state index contributed by atoms with van der Waals surface area (Å²) in [4.78, 5) is 29.9. The standard InChI is InChI=1S/C19H22ClFN4O3S/c1-28-16(26)9-12-11-29-19(23-12)24-18(27)22-10-15(25-7-2-3-8-25)17-13(20)5-4-6-14(17)21/h4-6,11,15H,2-3,7-10H2,1H3,(H2,22,23,24,27). The van der Waals surface area contributed by atoms with Gasteiger partial charge in [0.2, 0.25) is 0 Å². The Bertz CT molecular complexity index is 853. The zero-order valence-electron chi connectivity index (χ0n) is 15.9. The molecular weight excluding hydrogens is 419 g/mol. The number of aromatic nitrogens is 1. The van der Waals surface area contributed by atoms with Crippen molar-refractivity contribution in [1.29, 1.82) is 0 Å². The highest BCUT2D eigenvalue weighted by molar-refractivity contribution is 7.13. The fourth-order valence-electron chi connectivity index (χ4n) is 3.29. The van der Waals surface area contributed by atoms with E-state index in [2.05, 4.69) is 25.3 Å². The lowest BCUT2D eigenvalue weighted by atomic mass is 10.0. The number of rotatable bonds is 7. The average Bonchev–Trinajstić information content (AvgIpc) is 3.36. The molecule has 2 amide bonds. The number of likely N-dealkylation sites (tertiary alicyclic amines) is 1. The van der Waals surface area contributed by atoms with Crippen LogP contribution in [0.15, 0.2) is 23.6 Å². The van der Waals surface area contributed by atoms with Gasteiger partial charge in [-0.05, 0) is 38.1 Å². The van der Waals surface area contributed by atoms with E-state index in [0.717, 1.165) is 25.9 Å². The number of ether oxygens (including phenoxy) is 1. The quantitative estimate of drug-likeness (QED) is 0.642. The first-order valence-corrected chi connectivity index (χ1v) is 10.5. The summed E-state index contributed by atoms with van der Waals surface area (Å²) in [5, 5.41) is 7.81. The summed E-state index contributed by atoms with van der Waals surface area (Å²) < 4.78 is 19.1. The van der Waals surface area contributed by atoms with Crippen molar-refractivity contribution in [3.63, 3.8) is 0 Å². The molecule has 0 bridgehead atoms. The number of hydrogen-bond donors (Lipinski definition) is 2. The van der Waals surface area contributed by atoms with Crippen LogP contribution in [0.2, 0.25) is 5.02 Å². The fourth-order valence-corrected chi connectivity index (χ4v) is 4.29. The number of hydrogen-bond acceptors (Lipinski definition) is 6. The summed E-state index contributed by atoms with van der Waals surface area (Å²) in [5.41, 5.74) is 0.913. The lowest BCUT2D eigenvalue weighted by Crippen LogP contribution is -2.39. The molecule has 1 saturated heterocycles. The smallest absolute Gasteiger partial charge is 0.321 e. The summed E-state index contributed by atoms with van der Waals surface area (Å²) in [6.07, 6.45) is 2.09. The lowest BCUT2D eigenvalue weighted by molar-refractivity contribution is -0.139. The molecule has 156 valence electrons. The van der Waals surface area contributed by atoms with Crippen molar-refractivity contribution in [2.24, 2.45) is 0 Å². The number of nitrogens with one attached hydrogen (secondary N) is 2. The molecule has 1 aromatic heterocycles. The van der Waals surface area contributed by atoms with Crippen LogP contribution in [0.25, 0.3) is 0 Å². The number of benzene rings is 1. The topological polar surface area (TPSA) is 83.6 Å². The number of carbonyl (C=O) groups is 2. The number of carbonyl (C=O) groups excluding carboxylic acids is 2. The maximum atomic E-state index is 14.5. The second-order valence-corrected chi connectivity index (χ2v) is 7.89. The Balaban J connectivity index is 1.63. The number of amides is 2. The van der Waals surface area contributed by atoms with E-state index in [-0.39, 0.29) is 24.8 Å². The zero-order chi connectivity index (χ0) is 20.8. The number of urea groups is 1. The molecule has 2 heterocycles. The van der Waals surface area contributed by atoms with Crippen LogP contribution in [-0.2, 0) is 16.0 Å². The molecular formula is C19H22ClFN4O3S. The van der Waals surface area contributed by atoms with E-state index in [9.17, 15) is 14.0 Å². The number of esters is 1. The van der Waals surface area contributed by atoms with Crippen molar-refractivity contribution in [2.45, 2.75) is 25.3 Å². The van der Waals surface area contributed by atoms with E-state index in [0.29, 0.717) is 21.4 Å². The molecule has 0 saturated carbocycles. The predicted molar refractivity (Wildman–Crippen MR) is 110 cm³/mol. The maximum Gasteiger partial charge on any atom is 0.321 e. The number of halogens is 2. The zero-order valence-corrected chi connectivity index (χ0v) is 17.5. The molecule has 0 spiro atoms. The van der Waals surface area contributed by atoms with Gasteiger partial charge in [-0.1, -0.05) is 17.7 Å². The van der Waals surface area contributed by atoms with Crippen LogP contribution < -0.4 is 10.6 Å². The highest BCUT2D eigenvalue weighted by atomic mass is 35.5. The van der Waals surface area contributed by atoms with Crippen LogP contribution in [-0.4, -0.2) is 48.6 Å². The highest BCUT2D eigenvalue weighted by Crippen LogP contribution is 2.32. The minimum absolute atomic E-state index is 0.0408. The van der Waals surface area contributed by atoms with Gasteiger partial charge in [0.05, 0.1) is 25.3 Å². The van der Waals surface area contributed by atoms with Gasteiger partial charge in [-0.2, -0.15) is 0 Å². The second kappa shape index (κ2) is 10.00. The van der Waals surface area contributed by atoms with Gasteiger partial charge in [0.15, 0.2) is 5.13 Å². The third-order valence-corrected chi connectivity index (χ3v) is 5.83. The van der Waals surface area contributed by atoms with Crippen LogP contribution in [0.4, 0.5) is 14.3 Å². The van der Waals surface area contributed by atoms with Gasteiger partial charge in [0.1, 0.15) is 5.82 Å². The third-order valence-electron chi connectivity index (χ3n) is 4.70. The molecule has 29 heavy (non-hydrogen) atoms. The Morgan fingerprint density at radius 3 is 2.83 bits per heavy atom. The van der Waals surface area contributed by atoms with Crippen LogP contribution >= 0.6 is 22.9 Å². The molecule has 1 unspecified atom stereocenters. The minimum atomic E-state index is -0.458. The van der Waals surface area contributed by atoms with E-state index in [1.54, 1.807) is 17.5 Å². The minimum Gasteiger partial charge on any atom is -0.469 e. The normalized spacial score (nSPS) is 15.1. The van der Waals surface area contributed by atoms with Crippen molar-refractivity contribution < 1.29 is 18.7 Å². The van der Waals surface area contributed by atoms with E-state index in [1.807, 2.05) is 0 Å². The van der Waals surface area contributed by atoms with Crippen LogP contribution in [0.3, 0.4) is 0 Å². The van der Waals surface area contributed by atoms with Gasteiger partial charge >= 0.3 is 12.0 Å². The summed E-state index contributed by atoms with van der Waals surface area (Å²) in [7, 11) is 1.31. The SMILES string of the molecule is COC(=O)Cc1csc(NC(=O)NCC(c2c(F)cccc2Cl)N2CCCC2)n1. The molecule has 3 rings (SSSR count). The number of methoxy groups -OCH3 is 1. The Morgan fingerprint density at radius 1 is 1.38 bits per heavy atom. The van der Waals surface area contributed by atoms with Gasteiger partial charge in [-0.3, -0.25) is 15.0 Å². The summed E-state index contributed by atoms with van der Waals surface area (Å²) in [6.45, 7) is 1.84. The van der Waals surface area contributed by atoms with Gasteiger partial charge in [0, 0.05) is 22.5 Å².